The van der Waals surface area contributed by atoms with E-state index in [0.29, 0.717) is 54.8 Å². The van der Waals surface area contributed by atoms with Gasteiger partial charge in [-0.1, -0.05) is 48.4 Å². The number of ether oxygens (including phenoxy) is 5. The third-order valence-electron chi connectivity index (χ3n) is 11.4. The molecule has 14 heteroatoms. The van der Waals surface area contributed by atoms with Crippen molar-refractivity contribution in [2.45, 2.75) is 95.9 Å². The molecule has 4 N–H and O–H groups in total. The number of halogens is 1. The zero-order valence-corrected chi connectivity index (χ0v) is 33.4. The van der Waals surface area contributed by atoms with E-state index >= 15 is 0 Å². The largest absolute Gasteiger partial charge is 0.462 e. The number of carbonyl (C=O) groups excluding carboxylic acids is 3. The smallest absolute Gasteiger partial charge is 0.412 e. The first kappa shape index (κ1) is 40.5. The molecule has 7 atom stereocenters. The van der Waals surface area contributed by atoms with Crippen LogP contribution in [0.5, 0.6) is 0 Å². The number of benzene rings is 2. The number of fused-ring (bicyclic) bond motifs is 5. The number of rotatable bonds is 4. The van der Waals surface area contributed by atoms with E-state index in [0.717, 1.165) is 28.0 Å². The number of carbonyl (C=O) groups is 3. The molecule has 0 radical (unpaired) electrons. The Bertz CT molecular complexity index is 1880. The Kier molecular flexibility index (Phi) is 11.9. The fourth-order valence-corrected chi connectivity index (χ4v) is 8.33. The highest BCUT2D eigenvalue weighted by Gasteiger charge is 2.64. The third-order valence-corrected chi connectivity index (χ3v) is 11.9. The van der Waals surface area contributed by atoms with Gasteiger partial charge in [0.05, 0.1) is 54.2 Å². The fraction of sp³-hybridized carbons (Fsp3) is 0.537. The van der Waals surface area contributed by atoms with Gasteiger partial charge in [-0.25, -0.2) is 4.79 Å². The molecular weight excluding hydrogens is 728 g/mol. The second-order valence-corrected chi connectivity index (χ2v) is 16.0. The molecule has 298 valence electrons. The average molecular weight is 781 g/mol. The number of epoxide rings is 1. The van der Waals surface area contributed by atoms with E-state index in [1.165, 1.54) is 12.0 Å². The van der Waals surface area contributed by atoms with Gasteiger partial charge in [0.2, 0.25) is 5.91 Å². The van der Waals surface area contributed by atoms with Crippen LogP contribution in [0.3, 0.4) is 0 Å². The first-order valence-electron chi connectivity index (χ1n) is 18.8. The summed E-state index contributed by atoms with van der Waals surface area (Å²) < 4.78 is 29.5. The number of morpholine rings is 1. The zero-order valence-electron chi connectivity index (χ0n) is 32.6. The summed E-state index contributed by atoms with van der Waals surface area (Å²) in [4.78, 5) is 44.6. The van der Waals surface area contributed by atoms with Crippen LogP contribution in [0.1, 0.15) is 56.7 Å². The van der Waals surface area contributed by atoms with Crippen molar-refractivity contribution in [2.24, 2.45) is 5.92 Å². The topological polar surface area (TPSA) is 165 Å². The van der Waals surface area contributed by atoms with E-state index in [-0.39, 0.29) is 25.2 Å². The lowest BCUT2D eigenvalue weighted by molar-refractivity contribution is -0.187. The number of aliphatic hydroxyl groups is 1. The van der Waals surface area contributed by atoms with Crippen molar-refractivity contribution in [3.63, 3.8) is 0 Å². The molecule has 4 aliphatic rings. The van der Waals surface area contributed by atoms with Crippen LogP contribution < -0.4 is 20.9 Å². The number of nitrogen functional groups attached to an aromatic ring is 1. The van der Waals surface area contributed by atoms with E-state index in [1.54, 1.807) is 26.1 Å². The lowest BCUT2D eigenvalue weighted by Crippen LogP contribution is -2.53. The van der Waals surface area contributed by atoms with Crippen molar-refractivity contribution < 1.29 is 43.2 Å². The van der Waals surface area contributed by atoms with Crippen LogP contribution >= 0.6 is 11.6 Å². The van der Waals surface area contributed by atoms with Gasteiger partial charge in [0.25, 0.3) is 0 Å². The number of esters is 1. The number of aryl methyl sites for hydroxylation is 2. The first-order valence-corrected chi connectivity index (χ1v) is 19.1. The molecule has 0 saturated carbocycles. The SMILES string of the molecule is CO[C@@H]1/C=C/C=C(\C)Cc2cc(C)c(Cl)c(c2)N(C)C(=O)C[C@H](OC(=O)Nc2cc(N3CCOCC3)c(N)cc2C)[C@]2(C)O[C@H]2[C@H](C)[C@@H]2C[C@@]1(O)CC(=O)O2. The molecule has 3 fully saturated rings. The number of hydrogen-bond donors (Lipinski definition) is 3. The van der Waals surface area contributed by atoms with Crippen LogP contribution in [0.25, 0.3) is 0 Å². The van der Waals surface area contributed by atoms with Gasteiger partial charge < -0.3 is 44.3 Å². The molecule has 2 amide bonds. The van der Waals surface area contributed by atoms with Crippen LogP contribution in [0.15, 0.2) is 48.1 Å². The number of nitrogens with one attached hydrogen (secondary N) is 1. The summed E-state index contributed by atoms with van der Waals surface area (Å²) in [7, 11) is 3.14. The van der Waals surface area contributed by atoms with E-state index < -0.39 is 53.6 Å². The maximum Gasteiger partial charge on any atom is 0.412 e. The molecule has 0 aromatic heterocycles. The highest BCUT2D eigenvalue weighted by Crippen LogP contribution is 2.50. The van der Waals surface area contributed by atoms with Crippen LogP contribution in [0.2, 0.25) is 5.02 Å². The van der Waals surface area contributed by atoms with Crippen molar-refractivity contribution in [2.75, 3.05) is 61.3 Å². The number of nitrogens with two attached hydrogens (primary N) is 1. The van der Waals surface area contributed by atoms with Crippen molar-refractivity contribution in [1.29, 1.82) is 0 Å². The molecule has 4 bridgehead atoms. The molecule has 55 heavy (non-hydrogen) atoms. The van der Waals surface area contributed by atoms with E-state index in [2.05, 4.69) is 10.2 Å². The average Bonchev–Trinajstić information content (AvgIpc) is 3.83. The van der Waals surface area contributed by atoms with Crippen molar-refractivity contribution >= 4 is 52.3 Å². The summed E-state index contributed by atoms with van der Waals surface area (Å²) in [5, 5.41) is 15.2. The quantitative estimate of drug-likeness (QED) is 0.200. The van der Waals surface area contributed by atoms with E-state index in [1.807, 2.05) is 58.0 Å². The van der Waals surface area contributed by atoms with Gasteiger partial charge in [0, 0.05) is 45.3 Å². The predicted octanol–water partition coefficient (Wildman–Crippen LogP) is 5.65. The molecule has 2 aromatic rings. The monoisotopic (exact) mass is 780 g/mol. The van der Waals surface area contributed by atoms with Crippen molar-refractivity contribution in [3.8, 4) is 0 Å². The summed E-state index contributed by atoms with van der Waals surface area (Å²) >= 11 is 6.81. The van der Waals surface area contributed by atoms with Crippen molar-refractivity contribution in [3.05, 3.63) is 69.8 Å². The zero-order chi connectivity index (χ0) is 39.8. The standard InChI is InChI=1S/C41H53ClN4O9/c1-23-9-8-10-33(51-7)41(50)21-32(53-36(48)22-41)26(4)38-40(5,55-38)34(20-35(47)45(6)31-18-27(15-23)16-25(3)37(31)42)54-39(49)44-29-19-30(28(43)17-24(29)2)46-11-13-52-14-12-46/h8-10,16-19,26,32-34,38,50H,11-15,20-22,43H2,1-7H3,(H,44,49)/b10-8+,23-9+/t26-,32+,33-,34+,38+,40+,41-/m1/s1. The van der Waals surface area contributed by atoms with Gasteiger partial charge in [-0.05, 0) is 69.0 Å². The van der Waals surface area contributed by atoms with Gasteiger partial charge in [-0.2, -0.15) is 0 Å². The molecule has 2 aromatic carbocycles. The molecule has 4 heterocycles. The van der Waals surface area contributed by atoms with Crippen LogP contribution in [-0.4, -0.2) is 99.2 Å². The Balaban J connectivity index is 1.34. The number of amides is 2. The van der Waals surface area contributed by atoms with E-state index in [4.69, 9.17) is 41.0 Å². The molecule has 0 unspecified atom stereocenters. The Morgan fingerprint density at radius 3 is 2.53 bits per heavy atom. The van der Waals surface area contributed by atoms with Gasteiger partial charge in [0.15, 0.2) is 0 Å². The van der Waals surface area contributed by atoms with Gasteiger partial charge in [-0.15, -0.1) is 0 Å². The number of hydrogen-bond acceptors (Lipinski definition) is 11. The Morgan fingerprint density at radius 2 is 1.82 bits per heavy atom. The molecule has 6 rings (SSSR count). The van der Waals surface area contributed by atoms with E-state index in [9.17, 15) is 19.5 Å². The highest BCUT2D eigenvalue weighted by atomic mass is 35.5. The van der Waals surface area contributed by atoms with Gasteiger partial charge >= 0.3 is 12.1 Å². The Morgan fingerprint density at radius 1 is 1.09 bits per heavy atom. The number of methoxy groups -OCH3 is 1. The molecular formula is C41H53ClN4O9. The summed E-state index contributed by atoms with van der Waals surface area (Å²) in [5.74, 6) is -1.38. The maximum absolute atomic E-state index is 14.2. The van der Waals surface area contributed by atoms with Crippen LogP contribution in [0, 0.1) is 19.8 Å². The molecule has 4 aliphatic heterocycles. The molecule has 3 saturated heterocycles. The first-order chi connectivity index (χ1) is 26.0. The number of allylic oxidation sites excluding steroid dienone is 3. The van der Waals surface area contributed by atoms with Gasteiger partial charge in [0.1, 0.15) is 29.5 Å². The number of anilines is 4. The van der Waals surface area contributed by atoms with Crippen molar-refractivity contribution in [1.82, 2.24) is 0 Å². The second-order valence-electron chi connectivity index (χ2n) is 15.6. The maximum atomic E-state index is 14.2. The minimum absolute atomic E-state index is 0.0839. The van der Waals surface area contributed by atoms with Gasteiger partial charge in [-0.3, -0.25) is 14.9 Å². The summed E-state index contributed by atoms with van der Waals surface area (Å²) in [6.07, 6.45) is 1.62. The highest BCUT2D eigenvalue weighted by molar-refractivity contribution is 6.34. The summed E-state index contributed by atoms with van der Waals surface area (Å²) in [6.45, 7) is 11.8. The Hall–Kier alpha value is -4.14. The summed E-state index contributed by atoms with van der Waals surface area (Å²) in [6, 6.07) is 7.48. The Labute approximate surface area is 327 Å². The fourth-order valence-electron chi connectivity index (χ4n) is 8.10. The molecule has 0 aliphatic carbocycles. The molecule has 0 spiro atoms. The number of nitrogens with zero attached hydrogens (tertiary/aromatic N) is 2. The predicted molar refractivity (Wildman–Crippen MR) is 211 cm³/mol. The normalized spacial score (nSPS) is 31.8. The second kappa shape index (κ2) is 16.1. The van der Waals surface area contributed by atoms with Crippen LogP contribution in [0.4, 0.5) is 27.5 Å². The summed E-state index contributed by atoms with van der Waals surface area (Å²) in [5.41, 5.74) is 9.53. The third kappa shape index (κ3) is 8.66. The lowest BCUT2D eigenvalue weighted by atomic mass is 9.78. The van der Waals surface area contributed by atoms with Crippen LogP contribution in [-0.2, 0) is 39.7 Å². The minimum atomic E-state index is -1.55. The minimum Gasteiger partial charge on any atom is -0.462 e. The lowest BCUT2D eigenvalue weighted by Gasteiger charge is -2.41. The molecule has 13 nitrogen and oxygen atoms in total.